The first-order valence-corrected chi connectivity index (χ1v) is 4.46. The molecular formula is C9H20O3. The van der Waals surface area contributed by atoms with Crippen molar-refractivity contribution in [3.63, 3.8) is 0 Å². The molecule has 0 amide bonds. The average molecular weight is 176 g/mol. The smallest absolute Gasteiger partial charge is 0.0777 e. The lowest BCUT2D eigenvalue weighted by atomic mass is 9.96. The van der Waals surface area contributed by atoms with Crippen LogP contribution in [0.25, 0.3) is 0 Å². The molecule has 0 saturated heterocycles. The highest BCUT2D eigenvalue weighted by Gasteiger charge is 2.16. The molecule has 0 rings (SSSR count). The summed E-state index contributed by atoms with van der Waals surface area (Å²) in [6.07, 6.45) is 0.576. The first kappa shape index (κ1) is 11.9. The number of hydrogen-bond acceptors (Lipinski definition) is 3. The summed E-state index contributed by atoms with van der Waals surface area (Å²) in [5.41, 5.74) is 0. The van der Waals surface area contributed by atoms with Crippen LogP contribution in [-0.4, -0.2) is 36.1 Å². The van der Waals surface area contributed by atoms with Crippen molar-refractivity contribution >= 4 is 0 Å². The van der Waals surface area contributed by atoms with Gasteiger partial charge < -0.3 is 14.9 Å². The molecule has 12 heavy (non-hydrogen) atoms. The first-order valence-electron chi connectivity index (χ1n) is 4.46. The second-order valence-corrected chi connectivity index (χ2v) is 3.30. The van der Waals surface area contributed by atoms with Gasteiger partial charge in [0.25, 0.3) is 0 Å². The molecule has 0 spiro atoms. The minimum Gasteiger partial charge on any atom is -0.393 e. The summed E-state index contributed by atoms with van der Waals surface area (Å²) in [5, 5.41) is 18.7. The fourth-order valence-electron chi connectivity index (χ4n) is 1.25. The molecule has 0 bridgehead atoms. The second-order valence-electron chi connectivity index (χ2n) is 3.30. The predicted molar refractivity (Wildman–Crippen MR) is 48.0 cm³/mol. The minimum absolute atomic E-state index is 0.139. The zero-order chi connectivity index (χ0) is 9.56. The van der Waals surface area contributed by atoms with Gasteiger partial charge in [-0.05, 0) is 18.8 Å². The van der Waals surface area contributed by atoms with Crippen molar-refractivity contribution in [1.29, 1.82) is 0 Å². The highest BCUT2D eigenvalue weighted by Crippen LogP contribution is 2.13. The maximum atomic E-state index is 9.39. The fourth-order valence-corrected chi connectivity index (χ4v) is 1.25. The maximum Gasteiger partial charge on any atom is 0.0777 e. The molecule has 0 saturated carbocycles. The largest absolute Gasteiger partial charge is 0.393 e. The van der Waals surface area contributed by atoms with Crippen molar-refractivity contribution < 1.29 is 14.9 Å². The third kappa shape index (κ3) is 4.70. The van der Waals surface area contributed by atoms with Gasteiger partial charge in [0.05, 0.1) is 18.8 Å². The van der Waals surface area contributed by atoms with Gasteiger partial charge in [-0.25, -0.2) is 0 Å². The SMILES string of the molecule is CCC(O)C(C)CC(O)COC. The van der Waals surface area contributed by atoms with Gasteiger partial charge in [0.2, 0.25) is 0 Å². The molecule has 0 aromatic heterocycles. The van der Waals surface area contributed by atoms with Gasteiger partial charge in [-0.3, -0.25) is 0 Å². The van der Waals surface area contributed by atoms with Crippen molar-refractivity contribution in [2.75, 3.05) is 13.7 Å². The molecule has 0 radical (unpaired) electrons. The number of methoxy groups -OCH3 is 1. The van der Waals surface area contributed by atoms with Gasteiger partial charge in [0, 0.05) is 7.11 Å². The molecule has 0 heterocycles. The van der Waals surface area contributed by atoms with Crippen molar-refractivity contribution in [1.82, 2.24) is 0 Å². The van der Waals surface area contributed by atoms with Gasteiger partial charge in [-0.15, -0.1) is 0 Å². The second kappa shape index (κ2) is 6.40. The summed E-state index contributed by atoms with van der Waals surface area (Å²) >= 11 is 0. The summed E-state index contributed by atoms with van der Waals surface area (Å²) in [7, 11) is 1.56. The molecule has 0 aliphatic carbocycles. The first-order chi connectivity index (χ1) is 5.61. The Balaban J connectivity index is 3.59. The lowest BCUT2D eigenvalue weighted by molar-refractivity contribution is 0.0241. The van der Waals surface area contributed by atoms with Crippen LogP contribution in [-0.2, 0) is 4.74 Å². The molecule has 3 nitrogen and oxygen atoms in total. The van der Waals surface area contributed by atoms with Gasteiger partial charge >= 0.3 is 0 Å². The predicted octanol–water partition coefficient (Wildman–Crippen LogP) is 0.791. The molecule has 0 fully saturated rings. The fraction of sp³-hybridized carbons (Fsp3) is 1.00. The molecule has 0 aliphatic rings. The topological polar surface area (TPSA) is 49.7 Å². The highest BCUT2D eigenvalue weighted by molar-refractivity contribution is 4.67. The zero-order valence-electron chi connectivity index (χ0n) is 8.16. The molecule has 2 N–H and O–H groups in total. The molecule has 3 unspecified atom stereocenters. The Morgan fingerprint density at radius 3 is 2.33 bits per heavy atom. The van der Waals surface area contributed by atoms with Crippen LogP contribution in [0.2, 0.25) is 0 Å². The Morgan fingerprint density at radius 1 is 1.33 bits per heavy atom. The van der Waals surface area contributed by atoms with Crippen LogP contribution >= 0.6 is 0 Å². The van der Waals surface area contributed by atoms with Crippen LogP contribution in [0.3, 0.4) is 0 Å². The summed E-state index contributed by atoms with van der Waals surface area (Å²) in [6.45, 7) is 4.22. The number of aliphatic hydroxyl groups is 2. The van der Waals surface area contributed by atoms with Crippen molar-refractivity contribution in [2.24, 2.45) is 5.92 Å². The third-order valence-electron chi connectivity index (χ3n) is 2.08. The molecule has 3 atom stereocenters. The van der Waals surface area contributed by atoms with Crippen molar-refractivity contribution in [3.05, 3.63) is 0 Å². The summed E-state index contributed by atoms with van der Waals surface area (Å²) in [4.78, 5) is 0. The molecule has 3 heteroatoms. The van der Waals surface area contributed by atoms with Gasteiger partial charge in [-0.2, -0.15) is 0 Å². The number of ether oxygens (including phenoxy) is 1. The van der Waals surface area contributed by atoms with Gasteiger partial charge in [0.1, 0.15) is 0 Å². The standard InChI is InChI=1S/C9H20O3/c1-4-9(11)7(2)5-8(10)6-12-3/h7-11H,4-6H2,1-3H3. The van der Waals surface area contributed by atoms with E-state index in [1.807, 2.05) is 13.8 Å². The van der Waals surface area contributed by atoms with Crippen LogP contribution in [0.4, 0.5) is 0 Å². The van der Waals surface area contributed by atoms with E-state index in [1.165, 1.54) is 0 Å². The van der Waals surface area contributed by atoms with E-state index in [4.69, 9.17) is 4.74 Å². The van der Waals surface area contributed by atoms with Gasteiger partial charge in [-0.1, -0.05) is 13.8 Å². The van der Waals surface area contributed by atoms with E-state index < -0.39 is 6.10 Å². The van der Waals surface area contributed by atoms with Crippen LogP contribution in [0.1, 0.15) is 26.7 Å². The normalized spacial score (nSPS) is 18.8. The number of rotatable bonds is 6. The van der Waals surface area contributed by atoms with E-state index >= 15 is 0 Å². The molecule has 0 aliphatic heterocycles. The third-order valence-corrected chi connectivity index (χ3v) is 2.08. The number of aliphatic hydroxyl groups excluding tert-OH is 2. The van der Waals surface area contributed by atoms with Crippen molar-refractivity contribution in [2.45, 2.75) is 38.9 Å². The molecular weight excluding hydrogens is 156 g/mol. The summed E-state index contributed by atoms with van der Waals surface area (Å²) in [5.74, 6) is 0.139. The average Bonchev–Trinajstić information content (AvgIpc) is 2.03. The summed E-state index contributed by atoms with van der Waals surface area (Å²) < 4.78 is 4.79. The van der Waals surface area contributed by atoms with E-state index in [0.29, 0.717) is 13.0 Å². The van der Waals surface area contributed by atoms with Crippen LogP contribution in [0.5, 0.6) is 0 Å². The maximum absolute atomic E-state index is 9.39. The molecule has 74 valence electrons. The lowest BCUT2D eigenvalue weighted by Crippen LogP contribution is -2.24. The highest BCUT2D eigenvalue weighted by atomic mass is 16.5. The molecule has 0 aromatic carbocycles. The Hall–Kier alpha value is -0.120. The Kier molecular flexibility index (Phi) is 6.34. The van der Waals surface area contributed by atoms with E-state index in [-0.39, 0.29) is 12.0 Å². The molecule has 0 aromatic rings. The minimum atomic E-state index is -0.453. The van der Waals surface area contributed by atoms with E-state index in [9.17, 15) is 10.2 Å². The lowest BCUT2D eigenvalue weighted by Gasteiger charge is -2.19. The Bertz CT molecular complexity index is 106. The van der Waals surface area contributed by atoms with E-state index in [1.54, 1.807) is 7.11 Å². The van der Waals surface area contributed by atoms with Crippen LogP contribution in [0, 0.1) is 5.92 Å². The van der Waals surface area contributed by atoms with Gasteiger partial charge in [0.15, 0.2) is 0 Å². The Labute approximate surface area is 74.4 Å². The van der Waals surface area contributed by atoms with E-state index in [2.05, 4.69) is 0 Å². The van der Waals surface area contributed by atoms with E-state index in [0.717, 1.165) is 6.42 Å². The monoisotopic (exact) mass is 176 g/mol. The van der Waals surface area contributed by atoms with Crippen LogP contribution in [0.15, 0.2) is 0 Å². The zero-order valence-corrected chi connectivity index (χ0v) is 8.16. The van der Waals surface area contributed by atoms with Crippen LogP contribution < -0.4 is 0 Å². The Morgan fingerprint density at radius 2 is 1.92 bits per heavy atom. The quantitative estimate of drug-likeness (QED) is 0.629. The number of hydrogen-bond donors (Lipinski definition) is 2. The summed E-state index contributed by atoms with van der Waals surface area (Å²) in [6, 6.07) is 0. The van der Waals surface area contributed by atoms with Crippen molar-refractivity contribution in [3.8, 4) is 0 Å².